The van der Waals surface area contributed by atoms with Crippen molar-refractivity contribution >= 4 is 11.7 Å². The van der Waals surface area contributed by atoms with Crippen molar-refractivity contribution in [1.82, 2.24) is 15.5 Å². The third-order valence-corrected chi connectivity index (χ3v) is 3.53. The molecule has 1 heterocycles. The van der Waals surface area contributed by atoms with Crippen molar-refractivity contribution in [1.29, 1.82) is 5.26 Å². The van der Waals surface area contributed by atoms with Crippen LogP contribution in [0.3, 0.4) is 0 Å². The Morgan fingerprint density at radius 2 is 1.92 bits per heavy atom. The van der Waals surface area contributed by atoms with Gasteiger partial charge in [0.15, 0.2) is 0 Å². The van der Waals surface area contributed by atoms with Gasteiger partial charge in [0.05, 0.1) is 18.2 Å². The Morgan fingerprint density at radius 3 is 2.58 bits per heavy atom. The number of benzene rings is 2. The highest BCUT2D eigenvalue weighted by Gasteiger charge is 2.21. The largest absolute Gasteiger partial charge is 0.394 e. The van der Waals surface area contributed by atoms with Gasteiger partial charge in [-0.2, -0.15) is 10.2 Å². The molecule has 0 unspecified atom stereocenters. The number of hydrogen-bond donors (Lipinski definition) is 3. The summed E-state index contributed by atoms with van der Waals surface area (Å²) in [7, 11) is 0. The van der Waals surface area contributed by atoms with E-state index in [2.05, 4.69) is 20.8 Å². The minimum atomic E-state index is -0.849. The number of aromatic nitrogens is 2. The summed E-state index contributed by atoms with van der Waals surface area (Å²) in [5.74, 6) is 0.467. The maximum absolute atomic E-state index is 12.1. The van der Waals surface area contributed by atoms with Crippen LogP contribution in [0.4, 0.5) is 10.5 Å². The number of nitriles is 1. The molecule has 3 N–H and O–H groups in total. The SMILES string of the molecule is N#Cc1ccc(NC(=O)N[C@H](CO)c2nc(-c3ccccc3)no2)cc1. The molecule has 0 aliphatic heterocycles. The summed E-state index contributed by atoms with van der Waals surface area (Å²) in [6, 6.07) is 16.2. The molecular weight excluding hydrogens is 334 g/mol. The standard InChI is InChI=1S/C18H15N5O3/c19-10-12-6-8-14(9-7-12)20-18(25)21-15(11-24)17-22-16(23-26-17)13-4-2-1-3-5-13/h1-9,15,24H,11H2,(H2,20,21,25)/t15-/m1/s1. The summed E-state index contributed by atoms with van der Waals surface area (Å²) in [5, 5.41) is 27.3. The summed E-state index contributed by atoms with van der Waals surface area (Å²) in [6.45, 7) is -0.406. The van der Waals surface area contributed by atoms with Crippen LogP contribution < -0.4 is 10.6 Å². The number of nitrogens with zero attached hydrogens (tertiary/aromatic N) is 3. The van der Waals surface area contributed by atoms with Gasteiger partial charge in [0.25, 0.3) is 5.89 Å². The lowest BCUT2D eigenvalue weighted by molar-refractivity contribution is 0.205. The van der Waals surface area contributed by atoms with Gasteiger partial charge in [-0.1, -0.05) is 35.5 Å². The lowest BCUT2D eigenvalue weighted by Gasteiger charge is -2.13. The number of aliphatic hydroxyl groups is 1. The molecule has 0 saturated carbocycles. The summed E-state index contributed by atoms with van der Waals surface area (Å²) in [5.41, 5.74) is 1.76. The van der Waals surface area contributed by atoms with Crippen molar-refractivity contribution in [2.75, 3.05) is 11.9 Å². The lowest BCUT2D eigenvalue weighted by Crippen LogP contribution is -2.34. The molecule has 8 nitrogen and oxygen atoms in total. The predicted molar refractivity (Wildman–Crippen MR) is 92.9 cm³/mol. The molecule has 0 radical (unpaired) electrons. The Labute approximate surface area is 149 Å². The molecule has 0 saturated heterocycles. The van der Waals surface area contributed by atoms with E-state index < -0.39 is 18.7 Å². The van der Waals surface area contributed by atoms with E-state index >= 15 is 0 Å². The number of rotatable bonds is 5. The van der Waals surface area contributed by atoms with Crippen molar-refractivity contribution in [3.05, 3.63) is 66.1 Å². The predicted octanol–water partition coefficient (Wildman–Crippen LogP) is 2.46. The van der Waals surface area contributed by atoms with Crippen molar-refractivity contribution in [2.24, 2.45) is 0 Å². The fraction of sp³-hybridized carbons (Fsp3) is 0.111. The minimum absolute atomic E-state index is 0.0985. The van der Waals surface area contributed by atoms with Gasteiger partial charge in [-0.15, -0.1) is 0 Å². The van der Waals surface area contributed by atoms with Crippen LogP contribution in [0, 0.1) is 11.3 Å². The minimum Gasteiger partial charge on any atom is -0.394 e. The highest BCUT2D eigenvalue weighted by atomic mass is 16.5. The van der Waals surface area contributed by atoms with Gasteiger partial charge >= 0.3 is 6.03 Å². The van der Waals surface area contributed by atoms with Crippen molar-refractivity contribution < 1.29 is 14.4 Å². The molecule has 0 aliphatic rings. The first-order valence-corrected chi connectivity index (χ1v) is 7.77. The van der Waals surface area contributed by atoms with Crippen LogP contribution in [-0.2, 0) is 0 Å². The second kappa shape index (κ2) is 7.92. The third kappa shape index (κ3) is 4.03. The molecule has 0 bridgehead atoms. The molecule has 1 aromatic heterocycles. The zero-order chi connectivity index (χ0) is 18.4. The summed E-state index contributed by atoms with van der Waals surface area (Å²) in [4.78, 5) is 16.3. The van der Waals surface area contributed by atoms with Crippen LogP contribution in [-0.4, -0.2) is 27.9 Å². The number of carbonyl (C=O) groups is 1. The third-order valence-electron chi connectivity index (χ3n) is 3.53. The lowest BCUT2D eigenvalue weighted by atomic mass is 10.2. The van der Waals surface area contributed by atoms with Gasteiger partial charge in [-0.05, 0) is 24.3 Å². The monoisotopic (exact) mass is 349 g/mol. The smallest absolute Gasteiger partial charge is 0.319 e. The molecular formula is C18H15N5O3. The van der Waals surface area contributed by atoms with E-state index in [1.165, 1.54) is 0 Å². The van der Waals surface area contributed by atoms with Crippen molar-refractivity contribution in [2.45, 2.75) is 6.04 Å². The maximum Gasteiger partial charge on any atom is 0.319 e. The van der Waals surface area contributed by atoms with Gasteiger partial charge in [-0.25, -0.2) is 4.79 Å². The van der Waals surface area contributed by atoms with Crippen molar-refractivity contribution in [3.63, 3.8) is 0 Å². The second-order valence-electron chi connectivity index (χ2n) is 5.35. The van der Waals surface area contributed by atoms with Gasteiger partial charge in [0.2, 0.25) is 5.82 Å². The van der Waals surface area contributed by atoms with Crippen LogP contribution in [0.5, 0.6) is 0 Å². The normalized spacial score (nSPS) is 11.4. The Morgan fingerprint density at radius 1 is 1.19 bits per heavy atom. The number of aliphatic hydroxyl groups excluding tert-OH is 1. The van der Waals surface area contributed by atoms with Gasteiger partial charge in [0.1, 0.15) is 6.04 Å². The molecule has 2 amide bonds. The van der Waals surface area contributed by atoms with E-state index in [0.717, 1.165) is 5.56 Å². The summed E-state index contributed by atoms with van der Waals surface area (Å²) in [6.07, 6.45) is 0. The topological polar surface area (TPSA) is 124 Å². The van der Waals surface area contributed by atoms with E-state index in [4.69, 9.17) is 9.78 Å². The number of urea groups is 1. The van der Waals surface area contributed by atoms with Crippen LogP contribution in [0.2, 0.25) is 0 Å². The molecule has 0 spiro atoms. The van der Waals surface area contributed by atoms with Crippen molar-refractivity contribution in [3.8, 4) is 17.5 Å². The molecule has 3 aromatic rings. The zero-order valence-electron chi connectivity index (χ0n) is 13.6. The molecule has 0 fully saturated rings. The molecule has 2 aromatic carbocycles. The first-order chi connectivity index (χ1) is 12.7. The highest BCUT2D eigenvalue weighted by molar-refractivity contribution is 5.89. The quantitative estimate of drug-likeness (QED) is 0.650. The molecule has 1 atom stereocenters. The molecule has 8 heteroatoms. The summed E-state index contributed by atoms with van der Waals surface area (Å²) >= 11 is 0. The molecule has 0 aliphatic carbocycles. The Bertz CT molecular complexity index is 916. The van der Waals surface area contributed by atoms with Crippen LogP contribution in [0.15, 0.2) is 59.1 Å². The fourth-order valence-electron chi connectivity index (χ4n) is 2.22. The number of carbonyl (C=O) groups excluding carboxylic acids is 1. The van der Waals surface area contributed by atoms with Crippen LogP contribution in [0.25, 0.3) is 11.4 Å². The maximum atomic E-state index is 12.1. The number of hydrogen-bond acceptors (Lipinski definition) is 6. The molecule has 130 valence electrons. The first-order valence-electron chi connectivity index (χ1n) is 7.77. The molecule has 26 heavy (non-hydrogen) atoms. The van der Waals surface area contributed by atoms with Crippen LogP contribution in [0.1, 0.15) is 17.5 Å². The van der Waals surface area contributed by atoms with Gasteiger partial charge in [-0.3, -0.25) is 0 Å². The fourth-order valence-corrected chi connectivity index (χ4v) is 2.22. The second-order valence-corrected chi connectivity index (χ2v) is 5.35. The Kier molecular flexibility index (Phi) is 5.22. The van der Waals surface area contributed by atoms with E-state index in [0.29, 0.717) is 17.1 Å². The zero-order valence-corrected chi connectivity index (χ0v) is 13.6. The number of nitrogens with one attached hydrogen (secondary N) is 2. The van der Waals surface area contributed by atoms with E-state index in [9.17, 15) is 9.90 Å². The highest BCUT2D eigenvalue weighted by Crippen LogP contribution is 2.18. The van der Waals surface area contributed by atoms with E-state index in [1.54, 1.807) is 24.3 Å². The average Bonchev–Trinajstić information content (AvgIpc) is 3.17. The number of anilines is 1. The number of amides is 2. The van der Waals surface area contributed by atoms with E-state index in [1.807, 2.05) is 36.4 Å². The first kappa shape index (κ1) is 17.1. The molecule has 3 rings (SSSR count). The summed E-state index contributed by atoms with van der Waals surface area (Å²) < 4.78 is 5.15. The van der Waals surface area contributed by atoms with Crippen LogP contribution >= 0.6 is 0 Å². The Balaban J connectivity index is 1.66. The average molecular weight is 349 g/mol. The van der Waals surface area contributed by atoms with Gasteiger partial charge in [0, 0.05) is 11.3 Å². The van der Waals surface area contributed by atoms with E-state index in [-0.39, 0.29) is 5.89 Å². The van der Waals surface area contributed by atoms with Gasteiger partial charge < -0.3 is 20.3 Å². The Hall–Kier alpha value is -3.70.